The van der Waals surface area contributed by atoms with Crippen molar-refractivity contribution in [3.05, 3.63) is 83.8 Å². The van der Waals surface area contributed by atoms with Crippen LogP contribution in [0.15, 0.2) is 77.4 Å². The standard InChI is InChI=1S/C28H29ClN4O5/c29-21-8-10-23(11-9-21)38-19-26(35)31-14-12-28(13-15-31)27(36)32(20-33(28)22-5-2-1-3-6-22)18-25(34)30-17-24-7-4-16-37-24/h1-11,16H,12-15,17-20H2,(H,30,34). The second kappa shape index (κ2) is 11.2. The number of nitrogens with one attached hydrogen (secondary N) is 1. The van der Waals surface area contributed by atoms with Gasteiger partial charge in [-0.25, -0.2) is 0 Å². The van der Waals surface area contributed by atoms with Gasteiger partial charge in [0, 0.05) is 23.8 Å². The van der Waals surface area contributed by atoms with Crippen molar-refractivity contribution in [1.82, 2.24) is 15.1 Å². The molecule has 3 aromatic rings. The first kappa shape index (κ1) is 25.7. The smallest absolute Gasteiger partial charge is 0.260 e. The Morgan fingerprint density at radius 1 is 1.00 bits per heavy atom. The average Bonchev–Trinajstić information content (AvgIpc) is 3.55. The van der Waals surface area contributed by atoms with E-state index < -0.39 is 5.54 Å². The van der Waals surface area contributed by atoms with Crippen LogP contribution >= 0.6 is 11.6 Å². The van der Waals surface area contributed by atoms with Crippen molar-refractivity contribution in [2.75, 3.05) is 37.8 Å². The number of carbonyl (C=O) groups excluding carboxylic acids is 3. The molecule has 3 amide bonds. The zero-order valence-electron chi connectivity index (χ0n) is 20.8. The fourth-order valence-electron chi connectivity index (χ4n) is 5.04. The molecule has 198 valence electrons. The van der Waals surface area contributed by atoms with Crippen LogP contribution in [0.1, 0.15) is 18.6 Å². The second-order valence-electron chi connectivity index (χ2n) is 9.42. The summed E-state index contributed by atoms with van der Waals surface area (Å²) in [6.07, 6.45) is 2.46. The molecule has 2 aliphatic heterocycles. The van der Waals surface area contributed by atoms with Gasteiger partial charge in [0.15, 0.2) is 6.61 Å². The number of nitrogens with zero attached hydrogens (tertiary/aromatic N) is 3. The average molecular weight is 537 g/mol. The highest BCUT2D eigenvalue weighted by Gasteiger charge is 2.54. The first-order valence-electron chi connectivity index (χ1n) is 12.5. The number of benzene rings is 2. The Morgan fingerprint density at radius 2 is 1.74 bits per heavy atom. The van der Waals surface area contributed by atoms with E-state index in [9.17, 15) is 14.4 Å². The maximum atomic E-state index is 13.8. The summed E-state index contributed by atoms with van der Waals surface area (Å²) in [6.45, 7) is 1.24. The van der Waals surface area contributed by atoms with Gasteiger partial charge < -0.3 is 29.2 Å². The Morgan fingerprint density at radius 3 is 2.42 bits per heavy atom. The number of furan rings is 1. The SMILES string of the molecule is O=C(CN1CN(c2ccccc2)C2(CCN(C(=O)COc3ccc(Cl)cc3)CC2)C1=O)NCc1ccco1. The predicted molar refractivity (Wildman–Crippen MR) is 142 cm³/mol. The normalized spacial score (nSPS) is 16.7. The van der Waals surface area contributed by atoms with Crippen molar-refractivity contribution in [2.45, 2.75) is 24.9 Å². The summed E-state index contributed by atoms with van der Waals surface area (Å²) in [4.78, 5) is 44.7. The van der Waals surface area contributed by atoms with E-state index in [1.54, 1.807) is 52.5 Å². The number of ether oxygens (including phenoxy) is 1. The molecule has 0 bridgehead atoms. The zero-order chi connectivity index (χ0) is 26.5. The van der Waals surface area contributed by atoms with Crippen molar-refractivity contribution >= 4 is 35.0 Å². The molecule has 2 aliphatic rings. The first-order valence-corrected chi connectivity index (χ1v) is 12.9. The molecule has 0 aliphatic carbocycles. The summed E-state index contributed by atoms with van der Waals surface area (Å²) in [5.74, 6) is 0.718. The maximum absolute atomic E-state index is 13.8. The lowest BCUT2D eigenvalue weighted by atomic mass is 9.85. The van der Waals surface area contributed by atoms with E-state index in [1.165, 1.54) is 0 Å². The topological polar surface area (TPSA) is 95.3 Å². The van der Waals surface area contributed by atoms with Gasteiger partial charge in [-0.1, -0.05) is 29.8 Å². The number of halogens is 1. The van der Waals surface area contributed by atoms with Gasteiger partial charge >= 0.3 is 0 Å². The second-order valence-corrected chi connectivity index (χ2v) is 9.86. The minimum atomic E-state index is -0.823. The number of para-hydroxylation sites is 1. The minimum absolute atomic E-state index is 0.0534. The van der Waals surface area contributed by atoms with Crippen molar-refractivity contribution in [1.29, 1.82) is 0 Å². The van der Waals surface area contributed by atoms with Crippen molar-refractivity contribution in [3.8, 4) is 5.75 Å². The molecule has 10 heteroatoms. The van der Waals surface area contributed by atoms with Gasteiger partial charge in [-0.05, 0) is 61.4 Å². The predicted octanol–water partition coefficient (Wildman–Crippen LogP) is 3.30. The molecule has 0 atom stereocenters. The van der Waals surface area contributed by atoms with E-state index in [1.807, 2.05) is 30.3 Å². The monoisotopic (exact) mass is 536 g/mol. The Bertz CT molecular complexity index is 1260. The molecule has 1 aromatic heterocycles. The van der Waals surface area contributed by atoms with Crippen LogP contribution in [0.3, 0.4) is 0 Å². The molecular weight excluding hydrogens is 508 g/mol. The molecule has 38 heavy (non-hydrogen) atoms. The van der Waals surface area contributed by atoms with Crippen LogP contribution in [-0.4, -0.2) is 66.0 Å². The minimum Gasteiger partial charge on any atom is -0.484 e. The third kappa shape index (κ3) is 5.47. The number of hydrogen-bond donors (Lipinski definition) is 1. The quantitative estimate of drug-likeness (QED) is 0.475. The van der Waals surface area contributed by atoms with E-state index in [0.717, 1.165) is 5.69 Å². The lowest BCUT2D eigenvalue weighted by Gasteiger charge is -2.43. The van der Waals surface area contributed by atoms with E-state index in [4.69, 9.17) is 20.8 Å². The molecule has 1 spiro atoms. The van der Waals surface area contributed by atoms with Gasteiger partial charge in [0.25, 0.3) is 11.8 Å². The maximum Gasteiger partial charge on any atom is 0.260 e. The Balaban J connectivity index is 1.24. The van der Waals surface area contributed by atoms with Crippen molar-refractivity contribution in [3.63, 3.8) is 0 Å². The van der Waals surface area contributed by atoms with E-state index in [0.29, 0.717) is 49.1 Å². The van der Waals surface area contributed by atoms with Crippen LogP contribution in [0.5, 0.6) is 5.75 Å². The highest BCUT2D eigenvalue weighted by molar-refractivity contribution is 6.30. The molecule has 2 saturated heterocycles. The largest absolute Gasteiger partial charge is 0.484 e. The molecule has 0 saturated carbocycles. The molecule has 0 radical (unpaired) electrons. The van der Waals surface area contributed by atoms with E-state index in [-0.39, 0.29) is 37.4 Å². The molecule has 1 N–H and O–H groups in total. The van der Waals surface area contributed by atoms with Crippen LogP contribution in [-0.2, 0) is 20.9 Å². The van der Waals surface area contributed by atoms with Crippen LogP contribution < -0.4 is 15.0 Å². The summed E-state index contributed by atoms with van der Waals surface area (Å²) in [6, 6.07) is 20.1. The summed E-state index contributed by atoms with van der Waals surface area (Å²) < 4.78 is 10.9. The molecule has 3 heterocycles. The van der Waals surface area contributed by atoms with E-state index in [2.05, 4.69) is 10.2 Å². The third-order valence-corrected chi connectivity index (χ3v) is 7.33. The Hall–Kier alpha value is -3.98. The van der Waals surface area contributed by atoms with Crippen LogP contribution in [0, 0.1) is 0 Å². The molecule has 9 nitrogen and oxygen atoms in total. The number of carbonyl (C=O) groups is 3. The number of amides is 3. The number of anilines is 1. The van der Waals surface area contributed by atoms with Crippen LogP contribution in [0.25, 0.3) is 0 Å². The Labute approximate surface area is 225 Å². The highest BCUT2D eigenvalue weighted by Crippen LogP contribution is 2.39. The van der Waals surface area contributed by atoms with Gasteiger partial charge in [0.05, 0.1) is 19.5 Å². The first-order chi connectivity index (χ1) is 18.4. The number of piperidine rings is 1. The van der Waals surface area contributed by atoms with Crippen molar-refractivity contribution in [2.24, 2.45) is 0 Å². The van der Waals surface area contributed by atoms with Gasteiger partial charge in [-0.2, -0.15) is 0 Å². The lowest BCUT2D eigenvalue weighted by Crippen LogP contribution is -2.58. The zero-order valence-corrected chi connectivity index (χ0v) is 21.6. The summed E-state index contributed by atoms with van der Waals surface area (Å²) in [5, 5.41) is 3.41. The molecular formula is C28H29ClN4O5. The number of hydrogen-bond acceptors (Lipinski definition) is 6. The van der Waals surface area contributed by atoms with Crippen LogP contribution in [0.2, 0.25) is 5.02 Å². The number of rotatable bonds is 8. The lowest BCUT2D eigenvalue weighted by molar-refractivity contribution is -0.140. The summed E-state index contributed by atoms with van der Waals surface area (Å²) in [7, 11) is 0. The van der Waals surface area contributed by atoms with Gasteiger partial charge in [0.2, 0.25) is 5.91 Å². The van der Waals surface area contributed by atoms with Crippen molar-refractivity contribution < 1.29 is 23.5 Å². The summed E-state index contributed by atoms with van der Waals surface area (Å²) in [5.41, 5.74) is 0.0846. The van der Waals surface area contributed by atoms with Crippen LogP contribution in [0.4, 0.5) is 5.69 Å². The molecule has 5 rings (SSSR count). The number of likely N-dealkylation sites (tertiary alicyclic amines) is 1. The fraction of sp³-hybridized carbons (Fsp3) is 0.321. The van der Waals surface area contributed by atoms with E-state index >= 15 is 0 Å². The van der Waals surface area contributed by atoms with Gasteiger partial charge in [0.1, 0.15) is 23.6 Å². The Kier molecular flexibility index (Phi) is 7.55. The molecule has 2 fully saturated rings. The highest BCUT2D eigenvalue weighted by atomic mass is 35.5. The fourth-order valence-corrected chi connectivity index (χ4v) is 5.17. The third-order valence-electron chi connectivity index (χ3n) is 7.08. The summed E-state index contributed by atoms with van der Waals surface area (Å²) >= 11 is 5.91. The van der Waals surface area contributed by atoms with Gasteiger partial charge in [-0.3, -0.25) is 14.4 Å². The molecule has 2 aromatic carbocycles. The molecule has 0 unspecified atom stereocenters. The van der Waals surface area contributed by atoms with Gasteiger partial charge in [-0.15, -0.1) is 0 Å².